The predicted octanol–water partition coefficient (Wildman–Crippen LogP) is 4.10. The number of halogens is 5. The lowest BCUT2D eigenvalue weighted by atomic mass is 10.2. The summed E-state index contributed by atoms with van der Waals surface area (Å²) in [7, 11) is 0. The van der Waals surface area contributed by atoms with Crippen molar-refractivity contribution >= 4 is 46.9 Å². The van der Waals surface area contributed by atoms with Crippen LogP contribution in [0.5, 0.6) is 0 Å². The Labute approximate surface area is 155 Å². The van der Waals surface area contributed by atoms with Crippen molar-refractivity contribution < 1.29 is 22.8 Å². The summed E-state index contributed by atoms with van der Waals surface area (Å²) in [6.45, 7) is 0. The first-order valence-electron chi connectivity index (χ1n) is 6.94. The molecule has 0 aliphatic rings. The van der Waals surface area contributed by atoms with Gasteiger partial charge in [-0.15, -0.1) is 0 Å². The van der Waals surface area contributed by atoms with Crippen LogP contribution in [0.15, 0.2) is 47.6 Å². The predicted molar refractivity (Wildman–Crippen MR) is 92.3 cm³/mol. The zero-order valence-corrected chi connectivity index (χ0v) is 14.3. The number of hydrogen-bond donors (Lipinski definition) is 2. The van der Waals surface area contributed by atoms with Crippen molar-refractivity contribution in [3.05, 3.63) is 63.6 Å². The van der Waals surface area contributed by atoms with E-state index in [4.69, 9.17) is 23.2 Å². The van der Waals surface area contributed by atoms with Gasteiger partial charge in [-0.3, -0.25) is 9.59 Å². The van der Waals surface area contributed by atoms with Gasteiger partial charge in [-0.2, -0.15) is 18.3 Å². The van der Waals surface area contributed by atoms with Gasteiger partial charge < -0.3 is 5.32 Å². The molecule has 136 valence electrons. The number of nitrogens with one attached hydrogen (secondary N) is 2. The van der Waals surface area contributed by atoms with Crippen LogP contribution in [0.1, 0.15) is 11.1 Å². The first-order valence-corrected chi connectivity index (χ1v) is 7.69. The minimum absolute atomic E-state index is 0.239. The maximum absolute atomic E-state index is 12.8. The molecule has 2 aromatic carbocycles. The molecule has 0 aliphatic carbocycles. The Hall–Kier alpha value is -2.58. The minimum Gasteiger partial charge on any atom is -0.318 e. The van der Waals surface area contributed by atoms with Crippen molar-refractivity contribution in [2.24, 2.45) is 5.10 Å². The van der Waals surface area contributed by atoms with Crippen LogP contribution in [0, 0.1) is 0 Å². The van der Waals surface area contributed by atoms with E-state index < -0.39 is 28.6 Å². The molecule has 0 atom stereocenters. The van der Waals surface area contributed by atoms with Gasteiger partial charge in [0, 0.05) is 16.3 Å². The molecule has 0 spiro atoms. The summed E-state index contributed by atoms with van der Waals surface area (Å²) < 4.78 is 38.3. The Morgan fingerprint density at radius 3 is 2.35 bits per heavy atom. The molecular weight excluding hydrogens is 394 g/mol. The third-order valence-electron chi connectivity index (χ3n) is 3.01. The number of anilines is 1. The second kappa shape index (κ2) is 8.20. The van der Waals surface area contributed by atoms with E-state index in [1.807, 2.05) is 10.7 Å². The van der Waals surface area contributed by atoms with Crippen LogP contribution in [-0.2, 0) is 15.8 Å². The maximum atomic E-state index is 12.8. The van der Waals surface area contributed by atoms with Gasteiger partial charge in [-0.1, -0.05) is 41.4 Å². The molecule has 0 aliphatic heterocycles. The van der Waals surface area contributed by atoms with Crippen LogP contribution in [0.3, 0.4) is 0 Å². The van der Waals surface area contributed by atoms with Gasteiger partial charge in [-0.05, 0) is 24.3 Å². The highest BCUT2D eigenvalue weighted by Gasteiger charge is 2.33. The van der Waals surface area contributed by atoms with Gasteiger partial charge in [0.05, 0.1) is 16.8 Å². The fourth-order valence-electron chi connectivity index (χ4n) is 1.80. The first kappa shape index (κ1) is 19.7. The summed E-state index contributed by atoms with van der Waals surface area (Å²) in [5.41, 5.74) is 1.08. The van der Waals surface area contributed by atoms with E-state index in [9.17, 15) is 22.8 Å². The van der Waals surface area contributed by atoms with Crippen LogP contribution in [0.25, 0.3) is 0 Å². The molecule has 0 saturated carbocycles. The van der Waals surface area contributed by atoms with E-state index in [2.05, 4.69) is 5.10 Å². The second-order valence-electron chi connectivity index (χ2n) is 4.87. The molecule has 26 heavy (non-hydrogen) atoms. The monoisotopic (exact) mass is 403 g/mol. The fraction of sp³-hybridized carbons (Fsp3) is 0.0625. The molecule has 2 N–H and O–H groups in total. The number of nitrogens with zero attached hydrogens (tertiary/aromatic N) is 1. The summed E-state index contributed by atoms with van der Waals surface area (Å²) in [5, 5.41) is 5.46. The van der Waals surface area contributed by atoms with Crippen LogP contribution < -0.4 is 10.7 Å². The lowest BCUT2D eigenvalue weighted by molar-refractivity contribution is -0.137. The summed E-state index contributed by atoms with van der Waals surface area (Å²) in [5.74, 6) is -2.37. The number of carbonyl (C=O) groups is 2. The first-order chi connectivity index (χ1) is 12.2. The van der Waals surface area contributed by atoms with Gasteiger partial charge in [0.15, 0.2) is 0 Å². The Bertz CT molecular complexity index is 870. The summed E-state index contributed by atoms with van der Waals surface area (Å²) in [6.07, 6.45) is -3.48. The van der Waals surface area contributed by atoms with Gasteiger partial charge in [0.1, 0.15) is 0 Å². The minimum atomic E-state index is -4.70. The number of rotatable bonds is 3. The maximum Gasteiger partial charge on any atom is 0.417 e. The summed E-state index contributed by atoms with van der Waals surface area (Å²) in [4.78, 5) is 23.4. The van der Waals surface area contributed by atoms with E-state index in [-0.39, 0.29) is 5.69 Å². The number of alkyl halides is 3. The molecule has 0 saturated heterocycles. The number of carbonyl (C=O) groups excluding carboxylic acids is 2. The van der Waals surface area contributed by atoms with E-state index in [0.717, 1.165) is 12.1 Å². The van der Waals surface area contributed by atoms with Crippen molar-refractivity contribution in [2.45, 2.75) is 6.18 Å². The van der Waals surface area contributed by atoms with Crippen LogP contribution in [0.2, 0.25) is 10.0 Å². The molecule has 0 unspecified atom stereocenters. The van der Waals surface area contributed by atoms with Gasteiger partial charge in [0.2, 0.25) is 0 Å². The van der Waals surface area contributed by atoms with Gasteiger partial charge in [0.25, 0.3) is 0 Å². The largest absolute Gasteiger partial charge is 0.417 e. The van der Waals surface area contributed by atoms with Crippen LogP contribution in [-0.4, -0.2) is 18.0 Å². The van der Waals surface area contributed by atoms with E-state index in [0.29, 0.717) is 16.7 Å². The number of hydrogen-bond acceptors (Lipinski definition) is 3. The summed E-state index contributed by atoms with van der Waals surface area (Å²) >= 11 is 11.4. The lowest BCUT2D eigenvalue weighted by Crippen LogP contribution is -2.32. The smallest absolute Gasteiger partial charge is 0.318 e. The van der Waals surface area contributed by atoms with Crippen molar-refractivity contribution in [2.75, 3.05) is 5.32 Å². The number of hydrazone groups is 1. The number of amides is 2. The molecular formula is C16H10Cl2F3N3O2. The highest BCUT2D eigenvalue weighted by molar-refractivity contribution is 6.39. The average Bonchev–Trinajstić information content (AvgIpc) is 2.57. The third-order valence-corrected chi connectivity index (χ3v) is 3.68. The Morgan fingerprint density at radius 2 is 1.69 bits per heavy atom. The fourth-order valence-corrected chi connectivity index (χ4v) is 2.21. The number of benzene rings is 2. The summed E-state index contributed by atoms with van der Waals surface area (Å²) in [6, 6.07) is 9.36. The molecule has 5 nitrogen and oxygen atoms in total. The van der Waals surface area contributed by atoms with Crippen molar-refractivity contribution in [3.8, 4) is 0 Å². The van der Waals surface area contributed by atoms with Crippen LogP contribution >= 0.6 is 23.2 Å². The van der Waals surface area contributed by atoms with Gasteiger partial charge in [-0.25, -0.2) is 5.43 Å². The molecule has 0 radical (unpaired) electrons. The molecule has 0 heterocycles. The molecule has 0 fully saturated rings. The van der Waals surface area contributed by atoms with Crippen molar-refractivity contribution in [1.82, 2.24) is 5.43 Å². The molecule has 2 amide bonds. The molecule has 2 rings (SSSR count). The highest BCUT2D eigenvalue weighted by atomic mass is 35.5. The zero-order valence-electron chi connectivity index (χ0n) is 12.8. The standard InChI is InChI=1S/C16H10Cl2F3N3O2/c17-12-4-2-1-3-9(12)8-22-24-15(26)14(25)23-10-5-6-13(18)11(7-10)16(19,20)21/h1-8H,(H,23,25)(H,24,26)/b22-8-. The molecule has 2 aromatic rings. The Morgan fingerprint density at radius 1 is 1.00 bits per heavy atom. The highest BCUT2D eigenvalue weighted by Crippen LogP contribution is 2.36. The third kappa shape index (κ3) is 5.21. The topological polar surface area (TPSA) is 70.6 Å². The lowest BCUT2D eigenvalue weighted by Gasteiger charge is -2.11. The molecule has 0 aromatic heterocycles. The normalized spacial score (nSPS) is 11.4. The quantitative estimate of drug-likeness (QED) is 0.460. The van der Waals surface area contributed by atoms with E-state index in [1.165, 1.54) is 6.21 Å². The Balaban J connectivity index is 2.01. The van der Waals surface area contributed by atoms with Gasteiger partial charge >= 0.3 is 18.0 Å². The Kier molecular flexibility index (Phi) is 6.23. The SMILES string of the molecule is O=C(N/N=C\c1ccccc1Cl)C(=O)Nc1ccc(Cl)c(C(F)(F)F)c1. The zero-order chi connectivity index (χ0) is 19.3. The van der Waals surface area contributed by atoms with Crippen molar-refractivity contribution in [1.29, 1.82) is 0 Å². The van der Waals surface area contributed by atoms with Crippen molar-refractivity contribution in [3.63, 3.8) is 0 Å². The van der Waals surface area contributed by atoms with E-state index >= 15 is 0 Å². The molecule has 10 heteroatoms. The average molecular weight is 404 g/mol. The van der Waals surface area contributed by atoms with Crippen LogP contribution in [0.4, 0.5) is 18.9 Å². The molecule has 0 bridgehead atoms. The van der Waals surface area contributed by atoms with E-state index in [1.54, 1.807) is 24.3 Å². The second-order valence-corrected chi connectivity index (χ2v) is 5.68.